The summed E-state index contributed by atoms with van der Waals surface area (Å²) in [5, 5.41) is 5.93. The fourth-order valence-electron chi connectivity index (χ4n) is 3.73. The van der Waals surface area contributed by atoms with Gasteiger partial charge in [0.15, 0.2) is 11.5 Å². The third-order valence-electron chi connectivity index (χ3n) is 5.77. The second kappa shape index (κ2) is 10.3. The first kappa shape index (κ1) is 22.6. The van der Waals surface area contributed by atoms with Crippen molar-refractivity contribution in [3.8, 4) is 11.5 Å². The zero-order chi connectivity index (χ0) is 22.4. The lowest BCUT2D eigenvalue weighted by molar-refractivity contribution is -0.121. The fourth-order valence-corrected chi connectivity index (χ4v) is 3.73. The molecule has 31 heavy (non-hydrogen) atoms. The van der Waals surface area contributed by atoms with Crippen LogP contribution in [0.4, 0.5) is 11.4 Å². The van der Waals surface area contributed by atoms with Crippen LogP contribution in [-0.2, 0) is 9.59 Å². The van der Waals surface area contributed by atoms with Gasteiger partial charge in [-0.2, -0.15) is 0 Å². The molecule has 7 nitrogen and oxygen atoms in total. The molecule has 3 rings (SSSR count). The van der Waals surface area contributed by atoms with Crippen LogP contribution in [0.15, 0.2) is 36.4 Å². The second-order valence-corrected chi connectivity index (χ2v) is 7.96. The van der Waals surface area contributed by atoms with E-state index in [0.29, 0.717) is 36.8 Å². The fraction of sp³-hybridized carbons (Fsp3) is 0.417. The maximum atomic E-state index is 12.7. The number of methoxy groups -OCH3 is 2. The zero-order valence-electron chi connectivity index (χ0n) is 18.7. The van der Waals surface area contributed by atoms with Gasteiger partial charge in [0.1, 0.15) is 0 Å². The number of hydrogen-bond acceptors (Lipinski definition) is 5. The Labute approximate surface area is 183 Å². The average Bonchev–Trinajstić information content (AvgIpc) is 2.76. The van der Waals surface area contributed by atoms with Crippen LogP contribution in [0.3, 0.4) is 0 Å². The first-order chi connectivity index (χ1) is 14.9. The SMILES string of the molecule is COc1ccc(NC(=O)C2CCN(CC(=O)Nc3ccc(C)c(C)c3)CC2)cc1OC. The van der Waals surface area contributed by atoms with Crippen molar-refractivity contribution >= 4 is 23.2 Å². The molecule has 2 aromatic carbocycles. The molecule has 2 amide bonds. The summed E-state index contributed by atoms with van der Waals surface area (Å²) < 4.78 is 10.5. The van der Waals surface area contributed by atoms with Crippen LogP contribution >= 0.6 is 0 Å². The lowest BCUT2D eigenvalue weighted by Gasteiger charge is -2.30. The van der Waals surface area contributed by atoms with Gasteiger partial charge in [-0.15, -0.1) is 0 Å². The monoisotopic (exact) mass is 425 g/mol. The minimum Gasteiger partial charge on any atom is -0.493 e. The molecule has 0 radical (unpaired) electrons. The Morgan fingerprint density at radius 2 is 1.55 bits per heavy atom. The highest BCUT2D eigenvalue weighted by Gasteiger charge is 2.26. The Morgan fingerprint density at radius 3 is 2.19 bits per heavy atom. The number of carbonyl (C=O) groups excluding carboxylic acids is 2. The predicted octanol–water partition coefficient (Wildman–Crippen LogP) is 3.61. The van der Waals surface area contributed by atoms with Crippen molar-refractivity contribution < 1.29 is 19.1 Å². The lowest BCUT2D eigenvalue weighted by atomic mass is 9.95. The van der Waals surface area contributed by atoms with E-state index in [9.17, 15) is 9.59 Å². The number of benzene rings is 2. The number of nitrogens with one attached hydrogen (secondary N) is 2. The molecular formula is C24H31N3O4. The topological polar surface area (TPSA) is 79.9 Å². The van der Waals surface area contributed by atoms with Crippen molar-refractivity contribution in [2.24, 2.45) is 5.92 Å². The summed E-state index contributed by atoms with van der Waals surface area (Å²) in [6, 6.07) is 11.2. The quantitative estimate of drug-likeness (QED) is 0.708. The highest BCUT2D eigenvalue weighted by atomic mass is 16.5. The van der Waals surface area contributed by atoms with E-state index < -0.39 is 0 Å². The van der Waals surface area contributed by atoms with Crippen molar-refractivity contribution in [1.82, 2.24) is 4.90 Å². The second-order valence-electron chi connectivity index (χ2n) is 7.96. The molecular weight excluding hydrogens is 394 g/mol. The molecule has 1 aliphatic rings. The van der Waals surface area contributed by atoms with E-state index in [2.05, 4.69) is 15.5 Å². The van der Waals surface area contributed by atoms with Crippen molar-refractivity contribution in [2.75, 3.05) is 44.5 Å². The summed E-state index contributed by atoms with van der Waals surface area (Å²) in [6.45, 7) is 5.83. The third-order valence-corrected chi connectivity index (χ3v) is 5.77. The van der Waals surface area contributed by atoms with E-state index >= 15 is 0 Å². The van der Waals surface area contributed by atoms with E-state index in [1.54, 1.807) is 32.4 Å². The highest BCUT2D eigenvalue weighted by molar-refractivity contribution is 5.93. The molecule has 7 heteroatoms. The molecule has 0 bridgehead atoms. The molecule has 2 aromatic rings. The normalized spacial score (nSPS) is 14.7. The van der Waals surface area contributed by atoms with Gasteiger partial charge in [-0.05, 0) is 75.2 Å². The van der Waals surface area contributed by atoms with Crippen LogP contribution in [-0.4, -0.2) is 50.6 Å². The Bertz CT molecular complexity index is 936. The molecule has 0 saturated carbocycles. The van der Waals surface area contributed by atoms with Crippen LogP contribution in [0, 0.1) is 19.8 Å². The number of carbonyl (C=O) groups is 2. The van der Waals surface area contributed by atoms with Crippen molar-refractivity contribution in [2.45, 2.75) is 26.7 Å². The first-order valence-corrected chi connectivity index (χ1v) is 10.5. The maximum absolute atomic E-state index is 12.7. The minimum atomic E-state index is -0.0767. The highest BCUT2D eigenvalue weighted by Crippen LogP contribution is 2.30. The third kappa shape index (κ3) is 5.98. The summed E-state index contributed by atoms with van der Waals surface area (Å²) in [7, 11) is 3.14. The number of rotatable bonds is 7. The van der Waals surface area contributed by atoms with Gasteiger partial charge >= 0.3 is 0 Å². The van der Waals surface area contributed by atoms with Gasteiger partial charge in [0, 0.05) is 23.4 Å². The molecule has 0 aliphatic carbocycles. The van der Waals surface area contributed by atoms with E-state index in [1.807, 2.05) is 32.0 Å². The van der Waals surface area contributed by atoms with E-state index in [0.717, 1.165) is 24.1 Å². The predicted molar refractivity (Wildman–Crippen MR) is 122 cm³/mol. The smallest absolute Gasteiger partial charge is 0.238 e. The van der Waals surface area contributed by atoms with Gasteiger partial charge in [0.05, 0.1) is 20.8 Å². The first-order valence-electron chi connectivity index (χ1n) is 10.5. The number of likely N-dealkylation sites (tertiary alicyclic amines) is 1. The molecule has 0 unspecified atom stereocenters. The standard InChI is InChI=1S/C24H31N3O4/c1-16-5-6-19(13-17(16)2)25-23(28)15-27-11-9-18(10-12-27)24(29)26-20-7-8-21(30-3)22(14-20)31-4/h5-8,13-14,18H,9-12,15H2,1-4H3,(H,25,28)(H,26,29). The van der Waals surface area contributed by atoms with Gasteiger partial charge in [-0.3, -0.25) is 14.5 Å². The Balaban J connectivity index is 1.47. The van der Waals surface area contributed by atoms with Crippen molar-refractivity contribution in [3.05, 3.63) is 47.5 Å². The number of amides is 2. The van der Waals surface area contributed by atoms with Crippen LogP contribution in [0.1, 0.15) is 24.0 Å². The molecule has 1 fully saturated rings. The van der Waals surface area contributed by atoms with Crippen molar-refractivity contribution in [1.29, 1.82) is 0 Å². The molecule has 0 spiro atoms. The number of hydrogen-bond donors (Lipinski definition) is 2. The van der Waals surface area contributed by atoms with Gasteiger partial charge in [0.2, 0.25) is 11.8 Å². The van der Waals surface area contributed by atoms with Crippen LogP contribution in [0.2, 0.25) is 0 Å². The summed E-state index contributed by atoms with van der Waals surface area (Å²) in [5.41, 5.74) is 3.85. The largest absolute Gasteiger partial charge is 0.493 e. The number of ether oxygens (including phenoxy) is 2. The molecule has 1 saturated heterocycles. The van der Waals surface area contributed by atoms with E-state index in [-0.39, 0.29) is 17.7 Å². The van der Waals surface area contributed by atoms with E-state index in [4.69, 9.17) is 9.47 Å². The molecule has 166 valence electrons. The van der Waals surface area contributed by atoms with Crippen molar-refractivity contribution in [3.63, 3.8) is 0 Å². The molecule has 2 N–H and O–H groups in total. The van der Waals surface area contributed by atoms with Gasteiger partial charge in [-0.1, -0.05) is 6.07 Å². The Kier molecular flexibility index (Phi) is 7.52. The number of nitrogens with zero attached hydrogens (tertiary/aromatic N) is 1. The molecule has 0 atom stereocenters. The number of anilines is 2. The van der Waals surface area contributed by atoms with Crippen LogP contribution in [0.25, 0.3) is 0 Å². The average molecular weight is 426 g/mol. The lowest BCUT2D eigenvalue weighted by Crippen LogP contribution is -2.41. The number of aryl methyl sites for hydroxylation is 2. The van der Waals surface area contributed by atoms with Gasteiger partial charge in [-0.25, -0.2) is 0 Å². The van der Waals surface area contributed by atoms with Crippen LogP contribution < -0.4 is 20.1 Å². The molecule has 0 aromatic heterocycles. The maximum Gasteiger partial charge on any atom is 0.238 e. The number of piperidine rings is 1. The summed E-state index contributed by atoms with van der Waals surface area (Å²) in [5.74, 6) is 1.08. The Hall–Kier alpha value is -3.06. The van der Waals surface area contributed by atoms with Crippen LogP contribution in [0.5, 0.6) is 11.5 Å². The zero-order valence-corrected chi connectivity index (χ0v) is 18.7. The minimum absolute atomic E-state index is 0.00791. The molecule has 1 aliphatic heterocycles. The Morgan fingerprint density at radius 1 is 0.903 bits per heavy atom. The summed E-state index contributed by atoms with van der Waals surface area (Å²) in [6.07, 6.45) is 1.44. The summed E-state index contributed by atoms with van der Waals surface area (Å²) in [4.78, 5) is 27.2. The van der Waals surface area contributed by atoms with Gasteiger partial charge < -0.3 is 20.1 Å². The summed E-state index contributed by atoms with van der Waals surface area (Å²) >= 11 is 0. The van der Waals surface area contributed by atoms with Gasteiger partial charge in [0.25, 0.3) is 0 Å². The molecule has 1 heterocycles. The van der Waals surface area contributed by atoms with E-state index in [1.165, 1.54) is 5.56 Å².